The Balaban J connectivity index is 1.62. The number of benzene rings is 3. The van der Waals surface area contributed by atoms with Crippen molar-refractivity contribution < 1.29 is 14.4 Å². The fraction of sp³-hybridized carbons (Fsp3) is 0.208. The van der Waals surface area contributed by atoms with Gasteiger partial charge in [-0.2, -0.15) is 0 Å². The maximum Gasteiger partial charge on any atom is 0.338 e. The molecule has 2 unspecified atom stereocenters. The molecule has 1 fully saturated rings. The van der Waals surface area contributed by atoms with Crippen LogP contribution in [-0.4, -0.2) is 18.7 Å². The zero-order valence-corrected chi connectivity index (χ0v) is 15.8. The van der Waals surface area contributed by atoms with Crippen molar-refractivity contribution in [3.05, 3.63) is 90.5 Å². The number of carbonyl (C=O) groups is 1. The Labute approximate surface area is 165 Å². The van der Waals surface area contributed by atoms with Gasteiger partial charge in [-0.25, -0.2) is 9.86 Å². The lowest BCUT2D eigenvalue weighted by atomic mass is 9.97. The molecule has 1 aliphatic rings. The van der Waals surface area contributed by atoms with E-state index in [1.54, 1.807) is 0 Å². The lowest BCUT2D eigenvalue weighted by Gasteiger charge is -2.25. The molecule has 0 aliphatic carbocycles. The van der Waals surface area contributed by atoms with Crippen LogP contribution in [0.3, 0.4) is 0 Å². The summed E-state index contributed by atoms with van der Waals surface area (Å²) in [6, 6.07) is 28.5. The van der Waals surface area contributed by atoms with Gasteiger partial charge in [0.2, 0.25) is 0 Å². The van der Waals surface area contributed by atoms with Crippen LogP contribution in [0.1, 0.15) is 24.9 Å². The summed E-state index contributed by atoms with van der Waals surface area (Å²) in [6.07, 6.45) is -0.0442. The Morgan fingerprint density at radius 3 is 2.18 bits per heavy atom. The summed E-state index contributed by atoms with van der Waals surface area (Å²) in [5, 5.41) is 1.83. The highest BCUT2D eigenvalue weighted by molar-refractivity contribution is 5.76. The summed E-state index contributed by atoms with van der Waals surface area (Å²) >= 11 is 0. The molecule has 0 saturated carbocycles. The number of nitrogens with zero attached hydrogens (tertiary/aromatic N) is 1. The van der Waals surface area contributed by atoms with Crippen LogP contribution < -0.4 is 5.06 Å². The molecule has 3 aromatic carbocycles. The SMILES string of the molecule is CCOC(=O)C1CC(c2ccc(-c3ccccc3)cc2)N(c2ccccc2)O1. The first-order chi connectivity index (χ1) is 13.8. The molecule has 0 radical (unpaired) electrons. The van der Waals surface area contributed by atoms with Gasteiger partial charge in [0.25, 0.3) is 0 Å². The third-order valence-electron chi connectivity index (χ3n) is 4.92. The standard InChI is InChI=1S/C24H23NO3/c1-2-27-24(26)23-17-22(25(28-23)21-11-7-4-8-12-21)20-15-13-19(14-16-20)18-9-5-3-6-10-18/h3-16,22-23H,2,17H2,1H3. The van der Waals surface area contributed by atoms with Gasteiger partial charge >= 0.3 is 5.97 Å². The van der Waals surface area contributed by atoms with Crippen molar-refractivity contribution in [1.29, 1.82) is 0 Å². The van der Waals surface area contributed by atoms with Crippen molar-refractivity contribution in [3.63, 3.8) is 0 Å². The monoisotopic (exact) mass is 373 g/mol. The second-order valence-corrected chi connectivity index (χ2v) is 6.75. The molecule has 1 saturated heterocycles. The molecular formula is C24H23NO3. The molecular weight excluding hydrogens is 350 g/mol. The van der Waals surface area contributed by atoms with E-state index in [4.69, 9.17) is 9.57 Å². The summed E-state index contributed by atoms with van der Waals surface area (Å²) in [7, 11) is 0. The van der Waals surface area contributed by atoms with E-state index in [-0.39, 0.29) is 12.0 Å². The van der Waals surface area contributed by atoms with E-state index in [0.29, 0.717) is 13.0 Å². The van der Waals surface area contributed by atoms with Crippen molar-refractivity contribution in [2.24, 2.45) is 0 Å². The normalized spacial score (nSPS) is 18.8. The Kier molecular flexibility index (Phi) is 5.40. The Morgan fingerprint density at radius 1 is 0.929 bits per heavy atom. The van der Waals surface area contributed by atoms with Crippen molar-refractivity contribution in [2.75, 3.05) is 11.7 Å². The Morgan fingerprint density at radius 2 is 1.54 bits per heavy atom. The van der Waals surface area contributed by atoms with Gasteiger partial charge in [-0.15, -0.1) is 0 Å². The highest BCUT2D eigenvalue weighted by atomic mass is 16.7. The fourth-order valence-electron chi connectivity index (χ4n) is 3.54. The van der Waals surface area contributed by atoms with Gasteiger partial charge in [0.15, 0.2) is 6.10 Å². The van der Waals surface area contributed by atoms with E-state index >= 15 is 0 Å². The Hall–Kier alpha value is -3.11. The van der Waals surface area contributed by atoms with Gasteiger partial charge in [-0.05, 0) is 35.7 Å². The molecule has 4 nitrogen and oxygen atoms in total. The summed E-state index contributed by atoms with van der Waals surface area (Å²) < 4.78 is 5.18. The molecule has 2 atom stereocenters. The van der Waals surface area contributed by atoms with Crippen LogP contribution in [0.2, 0.25) is 0 Å². The maximum absolute atomic E-state index is 12.3. The number of esters is 1. The number of ether oxygens (including phenoxy) is 1. The van der Waals surface area contributed by atoms with Crippen molar-refractivity contribution >= 4 is 11.7 Å². The lowest BCUT2D eigenvalue weighted by molar-refractivity contribution is -0.154. The van der Waals surface area contributed by atoms with Crippen molar-refractivity contribution in [2.45, 2.75) is 25.5 Å². The molecule has 1 aliphatic heterocycles. The molecule has 28 heavy (non-hydrogen) atoms. The average Bonchev–Trinajstić information content (AvgIpc) is 3.21. The first-order valence-electron chi connectivity index (χ1n) is 9.59. The molecule has 0 amide bonds. The smallest absolute Gasteiger partial charge is 0.338 e. The van der Waals surface area contributed by atoms with Crippen LogP contribution in [-0.2, 0) is 14.4 Å². The molecule has 142 valence electrons. The van der Waals surface area contributed by atoms with E-state index in [2.05, 4.69) is 36.4 Å². The highest BCUT2D eigenvalue weighted by Crippen LogP contribution is 2.38. The van der Waals surface area contributed by atoms with Crippen LogP contribution in [0.15, 0.2) is 84.9 Å². The summed E-state index contributed by atoms with van der Waals surface area (Å²) in [4.78, 5) is 18.3. The topological polar surface area (TPSA) is 38.8 Å². The molecule has 0 N–H and O–H groups in total. The van der Waals surface area contributed by atoms with Gasteiger partial charge in [0.05, 0.1) is 18.3 Å². The van der Waals surface area contributed by atoms with Gasteiger partial charge in [0, 0.05) is 6.42 Å². The maximum atomic E-state index is 12.3. The predicted molar refractivity (Wildman–Crippen MR) is 110 cm³/mol. The summed E-state index contributed by atoms with van der Waals surface area (Å²) in [5.41, 5.74) is 4.37. The highest BCUT2D eigenvalue weighted by Gasteiger charge is 2.39. The van der Waals surface area contributed by atoms with Crippen LogP contribution in [0.5, 0.6) is 0 Å². The zero-order valence-electron chi connectivity index (χ0n) is 15.8. The molecule has 0 bridgehead atoms. The zero-order chi connectivity index (χ0) is 19.3. The molecule has 4 heteroatoms. The molecule has 1 heterocycles. The molecule has 0 aromatic heterocycles. The fourth-order valence-corrected chi connectivity index (χ4v) is 3.54. The Bertz CT molecular complexity index is 910. The number of hydroxylamine groups is 1. The number of carbonyl (C=O) groups excluding carboxylic acids is 1. The van der Waals surface area contributed by atoms with Crippen LogP contribution in [0.4, 0.5) is 5.69 Å². The van der Waals surface area contributed by atoms with Crippen LogP contribution in [0.25, 0.3) is 11.1 Å². The molecule has 0 spiro atoms. The third kappa shape index (κ3) is 3.78. The van der Waals surface area contributed by atoms with E-state index in [1.807, 2.05) is 60.5 Å². The predicted octanol–water partition coefficient (Wildman–Crippen LogP) is 5.17. The first kappa shape index (κ1) is 18.3. The number of hydrogen-bond donors (Lipinski definition) is 0. The first-order valence-corrected chi connectivity index (χ1v) is 9.59. The van der Waals surface area contributed by atoms with Gasteiger partial charge < -0.3 is 4.74 Å². The number of anilines is 1. The van der Waals surface area contributed by atoms with Crippen molar-refractivity contribution in [1.82, 2.24) is 0 Å². The minimum absolute atomic E-state index is 0.0540. The second-order valence-electron chi connectivity index (χ2n) is 6.75. The van der Waals surface area contributed by atoms with E-state index in [1.165, 1.54) is 5.56 Å². The number of hydrogen-bond acceptors (Lipinski definition) is 4. The molecule has 3 aromatic rings. The van der Waals surface area contributed by atoms with Gasteiger partial charge in [-0.3, -0.25) is 4.84 Å². The number of para-hydroxylation sites is 1. The van der Waals surface area contributed by atoms with Crippen molar-refractivity contribution in [3.8, 4) is 11.1 Å². The quantitative estimate of drug-likeness (QED) is 0.579. The van der Waals surface area contributed by atoms with Crippen LogP contribution >= 0.6 is 0 Å². The van der Waals surface area contributed by atoms with E-state index in [9.17, 15) is 4.79 Å². The minimum atomic E-state index is -0.598. The summed E-state index contributed by atoms with van der Waals surface area (Å²) in [5.74, 6) is -0.313. The average molecular weight is 373 g/mol. The minimum Gasteiger partial charge on any atom is -0.464 e. The molecule has 4 rings (SSSR count). The van der Waals surface area contributed by atoms with E-state index in [0.717, 1.165) is 16.8 Å². The van der Waals surface area contributed by atoms with E-state index < -0.39 is 6.10 Å². The number of rotatable bonds is 5. The van der Waals surface area contributed by atoms with Crippen LogP contribution in [0, 0.1) is 0 Å². The summed E-state index contributed by atoms with van der Waals surface area (Å²) in [6.45, 7) is 2.15. The largest absolute Gasteiger partial charge is 0.464 e. The lowest BCUT2D eigenvalue weighted by Crippen LogP contribution is -2.26. The third-order valence-corrected chi connectivity index (χ3v) is 4.92. The van der Waals surface area contributed by atoms with Gasteiger partial charge in [0.1, 0.15) is 0 Å². The van der Waals surface area contributed by atoms with Gasteiger partial charge in [-0.1, -0.05) is 72.8 Å². The second kappa shape index (κ2) is 8.28.